The van der Waals surface area contributed by atoms with Gasteiger partial charge in [0.05, 0.1) is 19.6 Å². The third-order valence-corrected chi connectivity index (χ3v) is 3.30. The van der Waals surface area contributed by atoms with Gasteiger partial charge in [-0.05, 0) is 6.92 Å². The molecule has 24 heavy (non-hydrogen) atoms. The summed E-state index contributed by atoms with van der Waals surface area (Å²) in [6.45, 7) is 2.88. The third-order valence-electron chi connectivity index (χ3n) is 2.35. The van der Waals surface area contributed by atoms with Crippen molar-refractivity contribution in [1.29, 1.82) is 0 Å². The summed E-state index contributed by atoms with van der Waals surface area (Å²) in [6, 6.07) is 0. The zero-order chi connectivity index (χ0) is 19.2. The summed E-state index contributed by atoms with van der Waals surface area (Å²) in [5.74, 6) is -5.88. The molecule has 0 saturated carbocycles. The molecule has 13 heteroatoms. The van der Waals surface area contributed by atoms with Gasteiger partial charge in [0.25, 0.3) is 0 Å². The fourth-order valence-electron chi connectivity index (χ4n) is 1.08. The first-order valence-electron chi connectivity index (χ1n) is 6.18. The van der Waals surface area contributed by atoms with Crippen molar-refractivity contribution in [3.63, 3.8) is 0 Å². The van der Waals surface area contributed by atoms with E-state index in [9.17, 15) is 35.6 Å². The normalized spacial score (nSPS) is 12.4. The van der Waals surface area contributed by atoms with E-state index in [2.05, 4.69) is 16.1 Å². The van der Waals surface area contributed by atoms with E-state index in [1.165, 1.54) is 6.92 Å². The lowest BCUT2D eigenvalue weighted by atomic mass is 10.2. The molecule has 1 amide bonds. The van der Waals surface area contributed by atoms with Crippen LogP contribution in [0.1, 0.15) is 13.3 Å². The number of hydrogen-bond acceptors (Lipinski definition) is 6. The lowest BCUT2D eigenvalue weighted by Gasteiger charge is -2.23. The number of alkyl halides is 4. The minimum Gasteiger partial charge on any atom is -0.460 e. The van der Waals surface area contributed by atoms with Crippen molar-refractivity contribution in [2.24, 2.45) is 0 Å². The number of carbonyl (C=O) groups is 2. The number of rotatable bonds is 9. The standard InChI is InChI=1S/C11H15F4NO7S/c1-7(2)8(17)22-6-4-16-9(18)23-5-3-10(12,13)11(14,15)24(19,20)21/h1,3-6H2,2H3,(H,16,18)(H,19,20,21). The summed E-state index contributed by atoms with van der Waals surface area (Å²) >= 11 is 0. The number of halogens is 4. The highest BCUT2D eigenvalue weighted by molar-refractivity contribution is 7.87. The van der Waals surface area contributed by atoms with Crippen LogP contribution in [0.15, 0.2) is 12.2 Å². The zero-order valence-corrected chi connectivity index (χ0v) is 13.2. The van der Waals surface area contributed by atoms with Crippen molar-refractivity contribution < 1.29 is 49.6 Å². The molecule has 2 N–H and O–H groups in total. The van der Waals surface area contributed by atoms with E-state index < -0.39 is 46.4 Å². The molecule has 0 heterocycles. The zero-order valence-electron chi connectivity index (χ0n) is 12.4. The average molecular weight is 381 g/mol. The van der Waals surface area contributed by atoms with Crippen LogP contribution in [0.4, 0.5) is 22.4 Å². The van der Waals surface area contributed by atoms with Crippen molar-refractivity contribution in [2.75, 3.05) is 19.8 Å². The molecule has 0 radical (unpaired) electrons. The second kappa shape index (κ2) is 8.28. The van der Waals surface area contributed by atoms with Gasteiger partial charge in [-0.2, -0.15) is 26.0 Å². The Morgan fingerprint density at radius 1 is 1.17 bits per heavy atom. The van der Waals surface area contributed by atoms with Crippen LogP contribution in [0, 0.1) is 0 Å². The van der Waals surface area contributed by atoms with Crippen LogP contribution in [0.25, 0.3) is 0 Å². The van der Waals surface area contributed by atoms with Crippen molar-refractivity contribution in [1.82, 2.24) is 5.32 Å². The Morgan fingerprint density at radius 3 is 2.17 bits per heavy atom. The van der Waals surface area contributed by atoms with Crippen molar-refractivity contribution in [2.45, 2.75) is 24.5 Å². The van der Waals surface area contributed by atoms with E-state index in [-0.39, 0.29) is 18.7 Å². The minimum absolute atomic E-state index is 0.111. The molecule has 0 aliphatic carbocycles. The van der Waals surface area contributed by atoms with E-state index in [1.54, 1.807) is 0 Å². The molecule has 0 aliphatic heterocycles. The highest BCUT2D eigenvalue weighted by atomic mass is 32.2. The van der Waals surface area contributed by atoms with Gasteiger partial charge in [-0.3, -0.25) is 4.55 Å². The molecule has 0 atom stereocenters. The monoisotopic (exact) mass is 381 g/mol. The molecule has 0 spiro atoms. The molecule has 0 bridgehead atoms. The predicted octanol–water partition coefficient (Wildman–Crippen LogP) is 1.34. The Bertz CT molecular complexity index is 591. The molecule has 0 aromatic heterocycles. The van der Waals surface area contributed by atoms with Gasteiger partial charge in [0, 0.05) is 5.57 Å². The summed E-state index contributed by atoms with van der Waals surface area (Å²) in [5.41, 5.74) is 0.111. The van der Waals surface area contributed by atoms with Crippen LogP contribution < -0.4 is 5.32 Å². The maximum absolute atomic E-state index is 13.1. The first-order chi connectivity index (χ1) is 10.7. The van der Waals surface area contributed by atoms with Crippen LogP contribution in [-0.2, 0) is 24.4 Å². The van der Waals surface area contributed by atoms with E-state index in [0.717, 1.165) is 0 Å². The lowest BCUT2D eigenvalue weighted by molar-refractivity contribution is -0.168. The maximum atomic E-state index is 13.1. The molecule has 0 aromatic rings. The SMILES string of the molecule is C=C(C)C(=O)OCCNC(=O)OCCC(F)(F)C(F)(F)S(=O)(=O)O. The van der Waals surface area contributed by atoms with Crippen LogP contribution >= 0.6 is 0 Å². The van der Waals surface area contributed by atoms with Gasteiger partial charge in [-0.25, -0.2) is 9.59 Å². The minimum atomic E-state index is -6.34. The fourth-order valence-corrected chi connectivity index (χ4v) is 1.56. The Labute approximate surface area is 134 Å². The molecule has 0 fully saturated rings. The van der Waals surface area contributed by atoms with Crippen molar-refractivity contribution >= 4 is 22.2 Å². The van der Waals surface area contributed by atoms with Gasteiger partial charge in [-0.15, -0.1) is 0 Å². The highest BCUT2D eigenvalue weighted by Crippen LogP contribution is 2.40. The largest absolute Gasteiger partial charge is 0.460 e. The Balaban J connectivity index is 4.21. The van der Waals surface area contributed by atoms with Gasteiger partial charge >= 0.3 is 33.4 Å². The summed E-state index contributed by atoms with van der Waals surface area (Å²) in [5, 5.41) is -3.76. The molecular weight excluding hydrogens is 366 g/mol. The molecule has 0 rings (SSSR count). The summed E-state index contributed by atoms with van der Waals surface area (Å²) in [4.78, 5) is 22.0. The summed E-state index contributed by atoms with van der Waals surface area (Å²) in [7, 11) is -6.34. The quantitative estimate of drug-likeness (QED) is 0.203. The number of esters is 1. The van der Waals surface area contributed by atoms with Crippen molar-refractivity contribution in [3.05, 3.63) is 12.2 Å². The second-order valence-corrected chi connectivity index (χ2v) is 5.89. The highest BCUT2D eigenvalue weighted by Gasteiger charge is 2.65. The van der Waals surface area contributed by atoms with Gasteiger partial charge in [-0.1, -0.05) is 6.58 Å². The van der Waals surface area contributed by atoms with Crippen LogP contribution in [-0.4, -0.2) is 56.0 Å². The Hall–Kier alpha value is -1.89. The molecule has 0 unspecified atom stereocenters. The van der Waals surface area contributed by atoms with Gasteiger partial charge in [0.1, 0.15) is 6.61 Å². The van der Waals surface area contributed by atoms with Crippen molar-refractivity contribution in [3.8, 4) is 0 Å². The topological polar surface area (TPSA) is 119 Å². The van der Waals surface area contributed by atoms with Crippen LogP contribution in [0.3, 0.4) is 0 Å². The molecule has 140 valence electrons. The number of hydrogen-bond donors (Lipinski definition) is 2. The van der Waals surface area contributed by atoms with Crippen LogP contribution in [0.5, 0.6) is 0 Å². The maximum Gasteiger partial charge on any atom is 0.431 e. The average Bonchev–Trinajstić information content (AvgIpc) is 2.41. The lowest BCUT2D eigenvalue weighted by Crippen LogP contribution is -2.47. The fraction of sp³-hybridized carbons (Fsp3) is 0.636. The predicted molar refractivity (Wildman–Crippen MR) is 71.2 cm³/mol. The van der Waals surface area contributed by atoms with Gasteiger partial charge in [0.15, 0.2) is 0 Å². The number of ether oxygens (including phenoxy) is 2. The van der Waals surface area contributed by atoms with Gasteiger partial charge in [0.2, 0.25) is 0 Å². The first-order valence-corrected chi connectivity index (χ1v) is 7.62. The first kappa shape index (κ1) is 22.1. The van der Waals surface area contributed by atoms with Crippen LogP contribution in [0.2, 0.25) is 0 Å². The summed E-state index contributed by atoms with van der Waals surface area (Å²) < 4.78 is 89.0. The number of alkyl carbamates (subject to hydrolysis) is 1. The third kappa shape index (κ3) is 6.31. The molecule has 0 aromatic carbocycles. The molecule has 8 nitrogen and oxygen atoms in total. The number of nitrogens with one attached hydrogen (secondary N) is 1. The Morgan fingerprint density at radius 2 is 1.71 bits per heavy atom. The second-order valence-electron chi connectivity index (χ2n) is 4.43. The molecular formula is C11H15F4NO7S. The number of carbonyl (C=O) groups excluding carboxylic acids is 2. The summed E-state index contributed by atoms with van der Waals surface area (Å²) in [6.07, 6.45) is -3.13. The molecule has 0 aliphatic rings. The number of amides is 1. The molecule has 0 saturated heterocycles. The van der Waals surface area contributed by atoms with Gasteiger partial charge < -0.3 is 14.8 Å². The van der Waals surface area contributed by atoms with E-state index in [0.29, 0.717) is 0 Å². The van der Waals surface area contributed by atoms with E-state index in [1.807, 2.05) is 5.32 Å². The Kier molecular flexibility index (Phi) is 7.63. The van der Waals surface area contributed by atoms with E-state index in [4.69, 9.17) is 4.55 Å². The smallest absolute Gasteiger partial charge is 0.431 e. The van der Waals surface area contributed by atoms with E-state index >= 15 is 0 Å².